The van der Waals surface area contributed by atoms with Gasteiger partial charge < -0.3 is 9.88 Å². The van der Waals surface area contributed by atoms with Crippen molar-refractivity contribution in [3.05, 3.63) is 41.7 Å². The zero-order chi connectivity index (χ0) is 14.7. The number of nitrogens with one attached hydrogen (secondary N) is 1. The van der Waals surface area contributed by atoms with Gasteiger partial charge in [0.1, 0.15) is 5.82 Å². The molecule has 1 aliphatic rings. The van der Waals surface area contributed by atoms with Crippen LogP contribution in [0, 0.1) is 6.92 Å². The van der Waals surface area contributed by atoms with Crippen LogP contribution in [-0.4, -0.2) is 26.4 Å². The van der Waals surface area contributed by atoms with Gasteiger partial charge in [0.2, 0.25) is 5.91 Å². The zero-order valence-corrected chi connectivity index (χ0v) is 12.8. The van der Waals surface area contributed by atoms with E-state index in [9.17, 15) is 4.79 Å². The number of aromatic nitrogens is 3. The highest BCUT2D eigenvalue weighted by molar-refractivity contribution is 7.99. The molecule has 1 saturated carbocycles. The molecule has 6 heteroatoms. The second-order valence-corrected chi connectivity index (χ2v) is 6.12. The van der Waals surface area contributed by atoms with Crippen molar-refractivity contribution in [2.24, 2.45) is 0 Å². The number of benzene rings is 1. The molecule has 1 fully saturated rings. The molecule has 2 aromatic rings. The summed E-state index contributed by atoms with van der Waals surface area (Å²) in [6, 6.07) is 10.4. The van der Waals surface area contributed by atoms with Gasteiger partial charge in [-0.3, -0.25) is 4.79 Å². The van der Waals surface area contributed by atoms with Crippen molar-refractivity contribution in [2.45, 2.75) is 37.5 Å². The number of carbonyl (C=O) groups is 1. The Balaban J connectivity index is 1.50. The highest BCUT2D eigenvalue weighted by Crippen LogP contribution is 2.38. The summed E-state index contributed by atoms with van der Waals surface area (Å²) in [7, 11) is 0. The van der Waals surface area contributed by atoms with Crippen molar-refractivity contribution in [3.63, 3.8) is 0 Å². The highest BCUT2D eigenvalue weighted by Gasteiger charge is 2.28. The summed E-state index contributed by atoms with van der Waals surface area (Å²) in [5.41, 5.74) is 1.10. The predicted molar refractivity (Wildman–Crippen MR) is 82.0 cm³/mol. The maximum atomic E-state index is 11.9. The van der Waals surface area contributed by atoms with Crippen LogP contribution in [0.15, 0.2) is 35.5 Å². The third-order valence-electron chi connectivity index (χ3n) is 3.41. The summed E-state index contributed by atoms with van der Waals surface area (Å²) < 4.78 is 2.15. The van der Waals surface area contributed by atoms with Gasteiger partial charge in [0.05, 0.1) is 5.75 Å². The SMILES string of the molecule is Cc1nnc(SCC(=O)NCc2ccccc2)n1C1CC1. The smallest absolute Gasteiger partial charge is 0.230 e. The third kappa shape index (κ3) is 3.64. The van der Waals surface area contributed by atoms with Crippen LogP contribution in [-0.2, 0) is 11.3 Å². The molecule has 0 unspecified atom stereocenters. The van der Waals surface area contributed by atoms with E-state index >= 15 is 0 Å². The van der Waals surface area contributed by atoms with E-state index in [1.165, 1.54) is 24.6 Å². The molecule has 3 rings (SSSR count). The largest absolute Gasteiger partial charge is 0.351 e. The van der Waals surface area contributed by atoms with Gasteiger partial charge in [-0.2, -0.15) is 0 Å². The molecule has 1 N–H and O–H groups in total. The second kappa shape index (κ2) is 6.30. The van der Waals surface area contributed by atoms with E-state index in [0.29, 0.717) is 18.3 Å². The third-order valence-corrected chi connectivity index (χ3v) is 4.35. The van der Waals surface area contributed by atoms with E-state index in [1.807, 2.05) is 37.3 Å². The lowest BCUT2D eigenvalue weighted by molar-refractivity contribution is -0.118. The lowest BCUT2D eigenvalue weighted by atomic mass is 10.2. The van der Waals surface area contributed by atoms with Gasteiger partial charge in [-0.05, 0) is 25.3 Å². The van der Waals surface area contributed by atoms with Crippen molar-refractivity contribution >= 4 is 17.7 Å². The van der Waals surface area contributed by atoms with E-state index < -0.39 is 0 Å². The van der Waals surface area contributed by atoms with Crippen LogP contribution in [0.4, 0.5) is 0 Å². The standard InChI is InChI=1S/C15H18N4OS/c1-11-17-18-15(19(11)13-7-8-13)21-10-14(20)16-9-12-5-3-2-4-6-12/h2-6,13H,7-10H2,1H3,(H,16,20). The molecular formula is C15H18N4OS. The van der Waals surface area contributed by atoms with Gasteiger partial charge >= 0.3 is 0 Å². The summed E-state index contributed by atoms with van der Waals surface area (Å²) in [6.45, 7) is 2.53. The second-order valence-electron chi connectivity index (χ2n) is 5.18. The van der Waals surface area contributed by atoms with E-state index in [2.05, 4.69) is 20.1 Å². The van der Waals surface area contributed by atoms with Crippen LogP contribution in [0.25, 0.3) is 0 Å². The number of thioether (sulfide) groups is 1. The Kier molecular flexibility index (Phi) is 4.24. The van der Waals surface area contributed by atoms with Crippen LogP contribution in [0.2, 0.25) is 0 Å². The maximum Gasteiger partial charge on any atom is 0.230 e. The van der Waals surface area contributed by atoms with Gasteiger partial charge in [0.15, 0.2) is 5.16 Å². The summed E-state index contributed by atoms with van der Waals surface area (Å²) in [5, 5.41) is 12.0. The predicted octanol–water partition coefficient (Wildman–Crippen LogP) is 2.33. The average molecular weight is 302 g/mol. The van der Waals surface area contributed by atoms with E-state index in [0.717, 1.165) is 16.5 Å². The van der Waals surface area contributed by atoms with E-state index in [1.54, 1.807) is 0 Å². The Morgan fingerprint density at radius 2 is 2.10 bits per heavy atom. The molecule has 5 nitrogen and oxygen atoms in total. The number of nitrogens with zero attached hydrogens (tertiary/aromatic N) is 3. The van der Waals surface area contributed by atoms with Gasteiger partial charge in [0, 0.05) is 12.6 Å². The first kappa shape index (κ1) is 14.1. The minimum absolute atomic E-state index is 0.0202. The van der Waals surface area contributed by atoms with Crippen LogP contribution in [0.3, 0.4) is 0 Å². The number of rotatable bonds is 6. The van der Waals surface area contributed by atoms with E-state index in [-0.39, 0.29) is 5.91 Å². The van der Waals surface area contributed by atoms with Gasteiger partial charge in [-0.15, -0.1) is 10.2 Å². The first-order valence-corrected chi connectivity index (χ1v) is 8.07. The molecule has 1 aromatic carbocycles. The molecule has 1 aromatic heterocycles. The fourth-order valence-electron chi connectivity index (χ4n) is 2.18. The van der Waals surface area contributed by atoms with Crippen molar-refractivity contribution in [1.29, 1.82) is 0 Å². The van der Waals surface area contributed by atoms with Gasteiger partial charge in [-0.25, -0.2) is 0 Å². The molecule has 0 saturated heterocycles. The number of hydrogen-bond donors (Lipinski definition) is 1. The summed E-state index contributed by atoms with van der Waals surface area (Å²) in [5.74, 6) is 1.33. The Labute approximate surface area is 128 Å². The number of carbonyl (C=O) groups excluding carboxylic acids is 1. The van der Waals surface area contributed by atoms with Crippen molar-refractivity contribution < 1.29 is 4.79 Å². The fourth-order valence-corrected chi connectivity index (χ4v) is 3.06. The average Bonchev–Trinajstić information content (AvgIpc) is 3.27. The molecule has 1 aliphatic carbocycles. The zero-order valence-electron chi connectivity index (χ0n) is 12.0. The first-order valence-electron chi connectivity index (χ1n) is 7.09. The molecule has 110 valence electrons. The minimum Gasteiger partial charge on any atom is -0.351 e. The number of amides is 1. The van der Waals surface area contributed by atoms with Crippen molar-refractivity contribution in [1.82, 2.24) is 20.1 Å². The maximum absolute atomic E-state index is 11.9. The summed E-state index contributed by atoms with van der Waals surface area (Å²) in [6.07, 6.45) is 2.37. The van der Waals surface area contributed by atoms with E-state index in [4.69, 9.17) is 0 Å². The topological polar surface area (TPSA) is 59.8 Å². The summed E-state index contributed by atoms with van der Waals surface area (Å²) in [4.78, 5) is 11.9. The number of hydrogen-bond acceptors (Lipinski definition) is 4. The molecule has 0 bridgehead atoms. The van der Waals surface area contributed by atoms with Crippen LogP contribution in [0.5, 0.6) is 0 Å². The van der Waals surface area contributed by atoms with Gasteiger partial charge in [-0.1, -0.05) is 42.1 Å². The minimum atomic E-state index is 0.0202. The monoisotopic (exact) mass is 302 g/mol. The quantitative estimate of drug-likeness (QED) is 0.832. The highest BCUT2D eigenvalue weighted by atomic mass is 32.2. The van der Waals surface area contributed by atoms with Crippen molar-refractivity contribution in [2.75, 3.05) is 5.75 Å². The Morgan fingerprint density at radius 3 is 2.81 bits per heavy atom. The molecule has 21 heavy (non-hydrogen) atoms. The Morgan fingerprint density at radius 1 is 1.33 bits per heavy atom. The van der Waals surface area contributed by atoms with Crippen LogP contribution in [0.1, 0.15) is 30.3 Å². The van der Waals surface area contributed by atoms with Crippen molar-refractivity contribution in [3.8, 4) is 0 Å². The van der Waals surface area contributed by atoms with Crippen LogP contribution < -0.4 is 5.32 Å². The molecule has 0 aliphatic heterocycles. The first-order chi connectivity index (χ1) is 10.2. The molecule has 1 amide bonds. The molecule has 1 heterocycles. The van der Waals surface area contributed by atoms with Gasteiger partial charge in [0.25, 0.3) is 0 Å². The fraction of sp³-hybridized carbons (Fsp3) is 0.400. The molecule has 0 radical (unpaired) electrons. The van der Waals surface area contributed by atoms with Crippen LogP contribution >= 0.6 is 11.8 Å². The Hall–Kier alpha value is -1.82. The molecule has 0 atom stereocenters. The number of aryl methyl sites for hydroxylation is 1. The lowest BCUT2D eigenvalue weighted by Crippen LogP contribution is -2.24. The molecule has 0 spiro atoms. The molecular weight excluding hydrogens is 284 g/mol. The normalized spacial score (nSPS) is 14.1. The lowest BCUT2D eigenvalue weighted by Gasteiger charge is -2.07. The Bertz CT molecular complexity index is 622. The summed E-state index contributed by atoms with van der Waals surface area (Å²) >= 11 is 1.46.